The van der Waals surface area contributed by atoms with Crippen LogP contribution in [0.4, 0.5) is 0 Å². The van der Waals surface area contributed by atoms with Crippen LogP contribution in [0.25, 0.3) is 0 Å². The molecule has 1 aromatic rings. The van der Waals surface area contributed by atoms with Gasteiger partial charge in [-0.3, -0.25) is 0 Å². The Labute approximate surface area is 92.6 Å². The fraction of sp³-hybridized carbons (Fsp3) is 0.538. The first-order valence-electron chi connectivity index (χ1n) is 5.47. The summed E-state index contributed by atoms with van der Waals surface area (Å²) >= 11 is 0. The summed E-state index contributed by atoms with van der Waals surface area (Å²) in [6.45, 7) is 5.32. The van der Waals surface area contributed by atoms with Crippen LogP contribution in [0.2, 0.25) is 0 Å². The standard InChI is InChI=1S/C13H21NO/c1-10-8-12(6-5-7-14-3)13(15-4)9-11(10)2/h8-9,14H,5-7H2,1-4H3. The van der Waals surface area contributed by atoms with Gasteiger partial charge in [0.05, 0.1) is 7.11 Å². The molecule has 0 unspecified atom stereocenters. The maximum absolute atomic E-state index is 5.39. The van der Waals surface area contributed by atoms with Crippen molar-refractivity contribution < 1.29 is 4.74 Å². The molecule has 0 amide bonds. The molecule has 0 saturated heterocycles. The van der Waals surface area contributed by atoms with Crippen LogP contribution >= 0.6 is 0 Å². The molecule has 0 radical (unpaired) electrons. The second-order valence-corrected chi connectivity index (χ2v) is 3.96. The third-order valence-electron chi connectivity index (χ3n) is 2.77. The summed E-state index contributed by atoms with van der Waals surface area (Å²) in [5.74, 6) is 1.02. The molecule has 0 aromatic heterocycles. The summed E-state index contributed by atoms with van der Waals surface area (Å²) in [7, 11) is 3.73. The lowest BCUT2D eigenvalue weighted by Gasteiger charge is -2.11. The second kappa shape index (κ2) is 5.76. The van der Waals surface area contributed by atoms with E-state index in [2.05, 4.69) is 31.3 Å². The topological polar surface area (TPSA) is 21.3 Å². The predicted octanol–water partition coefficient (Wildman–Crippen LogP) is 2.46. The van der Waals surface area contributed by atoms with Crippen LogP contribution in [0, 0.1) is 13.8 Å². The van der Waals surface area contributed by atoms with Gasteiger partial charge in [-0.2, -0.15) is 0 Å². The van der Waals surface area contributed by atoms with Gasteiger partial charge in [-0.1, -0.05) is 6.07 Å². The van der Waals surface area contributed by atoms with Crippen LogP contribution in [0.1, 0.15) is 23.1 Å². The molecule has 0 fully saturated rings. The number of methoxy groups -OCH3 is 1. The minimum Gasteiger partial charge on any atom is -0.496 e. The maximum Gasteiger partial charge on any atom is 0.122 e. The first-order chi connectivity index (χ1) is 7.19. The molecule has 2 nitrogen and oxygen atoms in total. The lowest BCUT2D eigenvalue weighted by Crippen LogP contribution is -2.08. The highest BCUT2D eigenvalue weighted by molar-refractivity contribution is 5.41. The van der Waals surface area contributed by atoms with E-state index in [9.17, 15) is 0 Å². The lowest BCUT2D eigenvalue weighted by atomic mass is 10.0. The predicted molar refractivity (Wildman–Crippen MR) is 64.7 cm³/mol. The number of hydrogen-bond acceptors (Lipinski definition) is 2. The molecule has 1 N–H and O–H groups in total. The van der Waals surface area contributed by atoms with Crippen LogP contribution < -0.4 is 10.1 Å². The van der Waals surface area contributed by atoms with Crippen LogP contribution in [0.3, 0.4) is 0 Å². The largest absolute Gasteiger partial charge is 0.496 e. The normalized spacial score (nSPS) is 10.4. The third kappa shape index (κ3) is 3.24. The highest BCUT2D eigenvalue weighted by Crippen LogP contribution is 2.23. The van der Waals surface area contributed by atoms with Gasteiger partial charge in [0.25, 0.3) is 0 Å². The Kier molecular flexibility index (Phi) is 4.63. The number of ether oxygens (including phenoxy) is 1. The van der Waals surface area contributed by atoms with Crippen molar-refractivity contribution >= 4 is 0 Å². The van der Waals surface area contributed by atoms with E-state index in [-0.39, 0.29) is 0 Å². The molecule has 0 aliphatic rings. The van der Waals surface area contributed by atoms with Gasteiger partial charge in [0.1, 0.15) is 5.75 Å². The molecule has 2 heteroatoms. The van der Waals surface area contributed by atoms with Crippen molar-refractivity contribution in [1.29, 1.82) is 0 Å². The van der Waals surface area contributed by atoms with Crippen molar-refractivity contribution in [1.82, 2.24) is 5.32 Å². The summed E-state index contributed by atoms with van der Waals surface area (Å²) in [5, 5.41) is 3.16. The van der Waals surface area contributed by atoms with E-state index >= 15 is 0 Å². The second-order valence-electron chi connectivity index (χ2n) is 3.96. The van der Waals surface area contributed by atoms with Gasteiger partial charge in [0, 0.05) is 0 Å². The summed E-state index contributed by atoms with van der Waals surface area (Å²) in [4.78, 5) is 0. The van der Waals surface area contributed by atoms with E-state index in [0.29, 0.717) is 0 Å². The molecule has 0 heterocycles. The highest BCUT2D eigenvalue weighted by atomic mass is 16.5. The number of aryl methyl sites for hydroxylation is 3. The maximum atomic E-state index is 5.39. The van der Waals surface area contributed by atoms with E-state index in [1.807, 2.05) is 7.05 Å². The average molecular weight is 207 g/mol. The van der Waals surface area contributed by atoms with Crippen molar-refractivity contribution in [2.45, 2.75) is 26.7 Å². The molecular weight excluding hydrogens is 186 g/mol. The van der Waals surface area contributed by atoms with Crippen LogP contribution in [-0.4, -0.2) is 20.7 Å². The molecule has 15 heavy (non-hydrogen) atoms. The summed E-state index contributed by atoms with van der Waals surface area (Å²) in [6, 6.07) is 4.37. The molecule has 0 aliphatic carbocycles. The van der Waals surface area contributed by atoms with Crippen molar-refractivity contribution in [3.63, 3.8) is 0 Å². The average Bonchev–Trinajstić information content (AvgIpc) is 2.23. The number of hydrogen-bond donors (Lipinski definition) is 1. The first-order valence-corrected chi connectivity index (χ1v) is 5.47. The van der Waals surface area contributed by atoms with Gasteiger partial charge in [-0.15, -0.1) is 0 Å². The molecule has 0 bridgehead atoms. The molecule has 0 spiro atoms. The molecule has 1 rings (SSSR count). The summed E-state index contributed by atoms with van der Waals surface area (Å²) in [6.07, 6.45) is 2.22. The monoisotopic (exact) mass is 207 g/mol. The summed E-state index contributed by atoms with van der Waals surface area (Å²) in [5.41, 5.74) is 3.95. The van der Waals surface area contributed by atoms with Crippen molar-refractivity contribution in [3.05, 3.63) is 28.8 Å². The molecule has 1 aromatic carbocycles. The Hall–Kier alpha value is -1.02. The number of nitrogens with one attached hydrogen (secondary N) is 1. The van der Waals surface area contributed by atoms with Gasteiger partial charge in [-0.25, -0.2) is 0 Å². The molecule has 84 valence electrons. The Balaban J connectivity index is 2.80. The van der Waals surface area contributed by atoms with Gasteiger partial charge in [0.2, 0.25) is 0 Å². The fourth-order valence-electron chi connectivity index (χ4n) is 1.69. The molecular formula is C13H21NO. The van der Waals surface area contributed by atoms with Crippen molar-refractivity contribution in [2.75, 3.05) is 20.7 Å². The van der Waals surface area contributed by atoms with Crippen LogP contribution in [0.5, 0.6) is 5.75 Å². The van der Waals surface area contributed by atoms with Gasteiger partial charge in [0.15, 0.2) is 0 Å². The third-order valence-corrected chi connectivity index (χ3v) is 2.77. The minimum atomic E-state index is 1.02. The quantitative estimate of drug-likeness (QED) is 0.749. The zero-order valence-electron chi connectivity index (χ0n) is 10.2. The van der Waals surface area contributed by atoms with E-state index in [0.717, 1.165) is 25.1 Å². The molecule has 0 aliphatic heterocycles. The zero-order valence-corrected chi connectivity index (χ0v) is 10.2. The zero-order chi connectivity index (χ0) is 11.3. The SMILES string of the molecule is CNCCCc1cc(C)c(C)cc1OC. The molecule has 0 saturated carbocycles. The Morgan fingerprint density at radius 3 is 2.47 bits per heavy atom. The van der Waals surface area contributed by atoms with Gasteiger partial charge >= 0.3 is 0 Å². The van der Waals surface area contributed by atoms with Gasteiger partial charge in [-0.05, 0) is 63.0 Å². The van der Waals surface area contributed by atoms with Gasteiger partial charge < -0.3 is 10.1 Å². The Bertz CT molecular complexity index is 321. The highest BCUT2D eigenvalue weighted by Gasteiger charge is 2.05. The van der Waals surface area contributed by atoms with Crippen molar-refractivity contribution in [2.24, 2.45) is 0 Å². The smallest absolute Gasteiger partial charge is 0.122 e. The first kappa shape index (κ1) is 12.1. The van der Waals surface area contributed by atoms with Crippen LogP contribution in [-0.2, 0) is 6.42 Å². The van der Waals surface area contributed by atoms with Crippen molar-refractivity contribution in [3.8, 4) is 5.75 Å². The van der Waals surface area contributed by atoms with E-state index in [1.165, 1.54) is 16.7 Å². The molecule has 0 atom stereocenters. The van der Waals surface area contributed by atoms with Crippen LogP contribution in [0.15, 0.2) is 12.1 Å². The Morgan fingerprint density at radius 2 is 1.87 bits per heavy atom. The Morgan fingerprint density at radius 1 is 1.20 bits per heavy atom. The van der Waals surface area contributed by atoms with E-state index in [4.69, 9.17) is 4.74 Å². The summed E-state index contributed by atoms with van der Waals surface area (Å²) < 4.78 is 5.39. The minimum absolute atomic E-state index is 1.02. The number of rotatable bonds is 5. The van der Waals surface area contributed by atoms with E-state index in [1.54, 1.807) is 7.11 Å². The van der Waals surface area contributed by atoms with E-state index < -0.39 is 0 Å². The lowest BCUT2D eigenvalue weighted by molar-refractivity contribution is 0.408. The number of benzene rings is 1. The fourth-order valence-corrected chi connectivity index (χ4v) is 1.69.